The van der Waals surface area contributed by atoms with Crippen molar-refractivity contribution in [2.75, 3.05) is 39.3 Å². The third-order valence-electron chi connectivity index (χ3n) is 4.10. The van der Waals surface area contributed by atoms with E-state index in [0.717, 1.165) is 58.2 Å². The van der Waals surface area contributed by atoms with Gasteiger partial charge in [-0.15, -0.1) is 0 Å². The summed E-state index contributed by atoms with van der Waals surface area (Å²) in [7, 11) is 0. The molecule has 0 aromatic rings. The number of nitrogens with zero attached hydrogens (tertiary/aromatic N) is 2. The van der Waals surface area contributed by atoms with Gasteiger partial charge in [0.05, 0.1) is 0 Å². The Labute approximate surface area is 97.0 Å². The van der Waals surface area contributed by atoms with Crippen molar-refractivity contribution >= 4 is 5.91 Å². The van der Waals surface area contributed by atoms with Crippen LogP contribution in [0.25, 0.3) is 0 Å². The predicted octanol–water partition coefficient (Wildman–Crippen LogP) is -0.0975. The summed E-state index contributed by atoms with van der Waals surface area (Å²) in [5.41, 5.74) is 0. The Morgan fingerprint density at radius 2 is 1.81 bits per heavy atom. The van der Waals surface area contributed by atoms with Crippen LogP contribution in [0.15, 0.2) is 0 Å². The molecule has 1 unspecified atom stereocenters. The van der Waals surface area contributed by atoms with Crippen LogP contribution in [0.4, 0.5) is 0 Å². The van der Waals surface area contributed by atoms with Crippen LogP contribution in [-0.2, 0) is 4.79 Å². The molecule has 1 saturated carbocycles. The van der Waals surface area contributed by atoms with Gasteiger partial charge in [-0.3, -0.25) is 9.69 Å². The fraction of sp³-hybridized carbons (Fsp3) is 0.917. The van der Waals surface area contributed by atoms with E-state index in [1.165, 1.54) is 6.42 Å². The first kappa shape index (κ1) is 10.5. The molecule has 2 heterocycles. The smallest absolute Gasteiger partial charge is 0.225 e. The van der Waals surface area contributed by atoms with Gasteiger partial charge < -0.3 is 10.2 Å². The second kappa shape index (κ2) is 4.34. The van der Waals surface area contributed by atoms with Gasteiger partial charge in [-0.1, -0.05) is 0 Å². The van der Waals surface area contributed by atoms with Crippen molar-refractivity contribution < 1.29 is 4.79 Å². The van der Waals surface area contributed by atoms with Crippen LogP contribution >= 0.6 is 0 Å². The molecule has 0 spiro atoms. The second-order valence-corrected chi connectivity index (χ2v) is 5.28. The number of amides is 1. The van der Waals surface area contributed by atoms with Crippen molar-refractivity contribution in [2.45, 2.75) is 25.3 Å². The van der Waals surface area contributed by atoms with E-state index in [4.69, 9.17) is 0 Å². The highest BCUT2D eigenvalue weighted by Gasteiger charge is 2.35. The molecule has 1 atom stereocenters. The fourth-order valence-corrected chi connectivity index (χ4v) is 2.85. The van der Waals surface area contributed by atoms with E-state index in [2.05, 4.69) is 15.1 Å². The lowest BCUT2D eigenvalue weighted by atomic mass is 10.2. The molecule has 1 amide bonds. The normalized spacial score (nSPS) is 32.0. The summed E-state index contributed by atoms with van der Waals surface area (Å²) in [5.74, 6) is 0.809. The van der Waals surface area contributed by atoms with Crippen molar-refractivity contribution in [1.29, 1.82) is 0 Å². The van der Waals surface area contributed by atoms with Gasteiger partial charge in [0.2, 0.25) is 5.91 Å². The molecular weight excluding hydrogens is 202 g/mol. The molecule has 0 aromatic carbocycles. The molecule has 3 aliphatic rings. The van der Waals surface area contributed by atoms with E-state index in [-0.39, 0.29) is 0 Å². The highest BCUT2D eigenvalue weighted by Crippen LogP contribution is 2.31. The van der Waals surface area contributed by atoms with E-state index in [1.807, 2.05) is 0 Å². The van der Waals surface area contributed by atoms with Crippen LogP contribution in [0.1, 0.15) is 19.3 Å². The molecule has 0 bridgehead atoms. The first-order valence-corrected chi connectivity index (χ1v) is 6.58. The molecule has 3 rings (SSSR count). The summed E-state index contributed by atoms with van der Waals surface area (Å²) in [6, 6.07) is 0.721. The third-order valence-corrected chi connectivity index (χ3v) is 4.10. The Morgan fingerprint density at radius 1 is 1.06 bits per heavy atom. The number of piperazine rings is 1. The second-order valence-electron chi connectivity index (χ2n) is 5.28. The summed E-state index contributed by atoms with van der Waals surface area (Å²) in [6.07, 6.45) is 3.54. The van der Waals surface area contributed by atoms with Gasteiger partial charge in [0.1, 0.15) is 0 Å². The zero-order valence-corrected chi connectivity index (χ0v) is 9.82. The summed E-state index contributed by atoms with van der Waals surface area (Å²) in [4.78, 5) is 16.5. The standard InChI is InChI=1S/C12H21N3O/c16-12(10-1-2-10)15-7-5-14(6-8-15)11-3-4-13-9-11/h10-11,13H,1-9H2. The summed E-state index contributed by atoms with van der Waals surface area (Å²) in [6.45, 7) is 6.34. The average Bonchev–Trinajstić information content (AvgIpc) is 3.04. The first-order chi connectivity index (χ1) is 7.84. The van der Waals surface area contributed by atoms with Crippen molar-refractivity contribution in [2.24, 2.45) is 5.92 Å². The maximum Gasteiger partial charge on any atom is 0.225 e. The van der Waals surface area contributed by atoms with Gasteiger partial charge in [-0.05, 0) is 25.8 Å². The Balaban J connectivity index is 1.49. The van der Waals surface area contributed by atoms with Gasteiger partial charge in [0.25, 0.3) is 0 Å². The lowest BCUT2D eigenvalue weighted by molar-refractivity contribution is -0.134. The minimum absolute atomic E-state index is 0.389. The zero-order chi connectivity index (χ0) is 11.0. The SMILES string of the molecule is O=C(C1CC1)N1CCN(C2CCNC2)CC1. The summed E-state index contributed by atoms with van der Waals surface area (Å²) < 4.78 is 0. The molecule has 2 saturated heterocycles. The van der Waals surface area contributed by atoms with Crippen molar-refractivity contribution in [3.05, 3.63) is 0 Å². The van der Waals surface area contributed by atoms with E-state index in [1.54, 1.807) is 0 Å². The quantitative estimate of drug-likeness (QED) is 0.710. The number of rotatable bonds is 2. The monoisotopic (exact) mass is 223 g/mol. The average molecular weight is 223 g/mol. The molecule has 4 heteroatoms. The predicted molar refractivity (Wildman–Crippen MR) is 62.2 cm³/mol. The van der Waals surface area contributed by atoms with Gasteiger partial charge in [0, 0.05) is 44.7 Å². The number of hydrogen-bond acceptors (Lipinski definition) is 3. The topological polar surface area (TPSA) is 35.6 Å². The zero-order valence-electron chi connectivity index (χ0n) is 9.82. The molecular formula is C12H21N3O. The van der Waals surface area contributed by atoms with Crippen molar-refractivity contribution in [1.82, 2.24) is 15.1 Å². The molecule has 16 heavy (non-hydrogen) atoms. The highest BCUT2D eigenvalue weighted by molar-refractivity contribution is 5.81. The van der Waals surface area contributed by atoms with E-state index in [0.29, 0.717) is 11.8 Å². The minimum atomic E-state index is 0.389. The van der Waals surface area contributed by atoms with Crippen molar-refractivity contribution in [3.63, 3.8) is 0 Å². The molecule has 0 radical (unpaired) electrons. The molecule has 2 aliphatic heterocycles. The number of hydrogen-bond donors (Lipinski definition) is 1. The van der Waals surface area contributed by atoms with Crippen LogP contribution in [0, 0.1) is 5.92 Å². The van der Waals surface area contributed by atoms with Crippen LogP contribution in [0.2, 0.25) is 0 Å². The van der Waals surface area contributed by atoms with Gasteiger partial charge in [-0.2, -0.15) is 0 Å². The van der Waals surface area contributed by atoms with Gasteiger partial charge >= 0.3 is 0 Å². The maximum absolute atomic E-state index is 11.9. The number of carbonyl (C=O) groups is 1. The number of nitrogens with one attached hydrogen (secondary N) is 1. The largest absolute Gasteiger partial charge is 0.340 e. The lowest BCUT2D eigenvalue weighted by Gasteiger charge is -2.37. The minimum Gasteiger partial charge on any atom is -0.340 e. The summed E-state index contributed by atoms with van der Waals surface area (Å²) >= 11 is 0. The van der Waals surface area contributed by atoms with Crippen molar-refractivity contribution in [3.8, 4) is 0 Å². The van der Waals surface area contributed by atoms with Crippen LogP contribution < -0.4 is 5.32 Å². The summed E-state index contributed by atoms with van der Waals surface area (Å²) in [5, 5.41) is 3.41. The van der Waals surface area contributed by atoms with Crippen LogP contribution in [0.5, 0.6) is 0 Å². The Kier molecular flexibility index (Phi) is 2.86. The maximum atomic E-state index is 11.9. The van der Waals surface area contributed by atoms with E-state index in [9.17, 15) is 4.79 Å². The number of carbonyl (C=O) groups excluding carboxylic acids is 1. The molecule has 4 nitrogen and oxygen atoms in total. The Bertz CT molecular complexity index is 263. The molecule has 1 N–H and O–H groups in total. The van der Waals surface area contributed by atoms with Gasteiger partial charge in [-0.25, -0.2) is 0 Å². The molecule has 0 aromatic heterocycles. The van der Waals surface area contributed by atoms with E-state index < -0.39 is 0 Å². The highest BCUT2D eigenvalue weighted by atomic mass is 16.2. The van der Waals surface area contributed by atoms with Gasteiger partial charge in [0.15, 0.2) is 0 Å². The lowest BCUT2D eigenvalue weighted by Crippen LogP contribution is -2.52. The Morgan fingerprint density at radius 3 is 2.38 bits per heavy atom. The third kappa shape index (κ3) is 2.09. The fourth-order valence-electron chi connectivity index (χ4n) is 2.85. The molecule has 90 valence electrons. The van der Waals surface area contributed by atoms with Crippen LogP contribution in [0.3, 0.4) is 0 Å². The Hall–Kier alpha value is -0.610. The van der Waals surface area contributed by atoms with E-state index >= 15 is 0 Å². The molecule has 3 fully saturated rings. The molecule has 1 aliphatic carbocycles. The first-order valence-electron chi connectivity index (χ1n) is 6.58. The van der Waals surface area contributed by atoms with Crippen LogP contribution in [-0.4, -0.2) is 61.0 Å².